The topological polar surface area (TPSA) is 66.8 Å². The Morgan fingerprint density at radius 1 is 1.18 bits per heavy atom. The Kier molecular flexibility index (Phi) is 5.76. The Balaban J connectivity index is 1.42. The second-order valence-corrected chi connectivity index (χ2v) is 7.37. The van der Waals surface area contributed by atoms with Crippen molar-refractivity contribution < 1.29 is 14.6 Å². The van der Waals surface area contributed by atoms with Crippen LogP contribution in [0.5, 0.6) is 5.75 Å². The molecule has 146 valence electrons. The van der Waals surface area contributed by atoms with Crippen LogP contribution in [0.4, 0.5) is 10.8 Å². The third-order valence-corrected chi connectivity index (χ3v) is 5.49. The summed E-state index contributed by atoms with van der Waals surface area (Å²) in [6, 6.07) is 15.7. The molecule has 2 aromatic carbocycles. The number of morpholine rings is 1. The van der Waals surface area contributed by atoms with Crippen molar-refractivity contribution >= 4 is 22.2 Å². The molecule has 2 heterocycles. The van der Waals surface area contributed by atoms with Crippen molar-refractivity contribution in [2.75, 3.05) is 43.6 Å². The second-order valence-electron chi connectivity index (χ2n) is 6.51. The van der Waals surface area contributed by atoms with Crippen LogP contribution in [0.1, 0.15) is 11.8 Å². The molecule has 0 aliphatic carbocycles. The Labute approximate surface area is 168 Å². The number of rotatable bonds is 6. The molecule has 1 aromatic heterocycles. The van der Waals surface area contributed by atoms with Crippen molar-refractivity contribution in [2.45, 2.75) is 6.23 Å². The van der Waals surface area contributed by atoms with Crippen molar-refractivity contribution in [3.05, 3.63) is 59.5 Å². The van der Waals surface area contributed by atoms with Gasteiger partial charge in [0.2, 0.25) is 0 Å². The van der Waals surface area contributed by atoms with Gasteiger partial charge in [-0.2, -0.15) is 0 Å². The number of anilines is 2. The van der Waals surface area contributed by atoms with Gasteiger partial charge in [-0.05, 0) is 24.3 Å². The maximum Gasteiger partial charge on any atom is 0.185 e. The van der Waals surface area contributed by atoms with Gasteiger partial charge in [-0.15, -0.1) is 11.3 Å². The number of aliphatic hydroxyl groups is 1. The quantitative estimate of drug-likeness (QED) is 0.618. The number of hydrogen-bond acceptors (Lipinski definition) is 7. The highest BCUT2D eigenvalue weighted by Gasteiger charge is 2.14. The normalized spacial score (nSPS) is 15.3. The number of aliphatic hydroxyl groups excluding tert-OH is 1. The van der Waals surface area contributed by atoms with E-state index < -0.39 is 6.23 Å². The number of aromatic nitrogens is 1. The first-order valence-corrected chi connectivity index (χ1v) is 10.1. The van der Waals surface area contributed by atoms with E-state index in [2.05, 4.69) is 15.2 Å². The third kappa shape index (κ3) is 4.27. The van der Waals surface area contributed by atoms with Gasteiger partial charge in [-0.1, -0.05) is 24.3 Å². The molecule has 0 spiro atoms. The van der Waals surface area contributed by atoms with Crippen LogP contribution in [-0.4, -0.2) is 43.5 Å². The summed E-state index contributed by atoms with van der Waals surface area (Å²) in [6.07, 6.45) is -0.817. The van der Waals surface area contributed by atoms with Crippen LogP contribution in [0.2, 0.25) is 0 Å². The van der Waals surface area contributed by atoms with Crippen LogP contribution in [0.15, 0.2) is 53.9 Å². The van der Waals surface area contributed by atoms with Crippen LogP contribution >= 0.6 is 11.3 Å². The molecule has 3 aromatic rings. The first-order chi connectivity index (χ1) is 13.7. The van der Waals surface area contributed by atoms with Gasteiger partial charge in [0.1, 0.15) is 5.75 Å². The minimum absolute atomic E-state index is 0.669. The summed E-state index contributed by atoms with van der Waals surface area (Å²) in [7, 11) is 1.65. The molecule has 2 N–H and O–H groups in total. The van der Waals surface area contributed by atoms with Crippen molar-refractivity contribution in [1.82, 2.24) is 4.98 Å². The third-order valence-electron chi connectivity index (χ3n) is 4.71. The number of nitrogens with zero attached hydrogens (tertiary/aromatic N) is 2. The van der Waals surface area contributed by atoms with Gasteiger partial charge in [-0.25, -0.2) is 4.98 Å². The molecule has 1 aliphatic rings. The fourth-order valence-electron chi connectivity index (χ4n) is 3.14. The fraction of sp³-hybridized carbons (Fsp3) is 0.286. The maximum absolute atomic E-state index is 10.5. The van der Waals surface area contributed by atoms with Crippen LogP contribution in [-0.2, 0) is 4.74 Å². The van der Waals surface area contributed by atoms with Gasteiger partial charge in [-0.3, -0.25) is 0 Å². The van der Waals surface area contributed by atoms with E-state index in [1.54, 1.807) is 7.11 Å². The highest BCUT2D eigenvalue weighted by Crippen LogP contribution is 2.29. The molecule has 0 amide bonds. The first kappa shape index (κ1) is 18.7. The average Bonchev–Trinajstić information content (AvgIpc) is 3.23. The molecule has 7 heteroatoms. The van der Waals surface area contributed by atoms with Gasteiger partial charge in [0.25, 0.3) is 0 Å². The summed E-state index contributed by atoms with van der Waals surface area (Å²) in [5.74, 6) is 0.792. The van der Waals surface area contributed by atoms with Crippen molar-refractivity contribution in [3.8, 4) is 17.0 Å². The lowest BCUT2D eigenvalue weighted by atomic mass is 10.1. The summed E-state index contributed by atoms with van der Waals surface area (Å²) in [5.41, 5.74) is 3.78. The zero-order valence-corrected chi connectivity index (χ0v) is 16.5. The smallest absolute Gasteiger partial charge is 0.185 e. The second kappa shape index (κ2) is 8.60. The molecular weight excluding hydrogens is 374 g/mol. The number of benzene rings is 2. The standard InChI is InChI=1S/C21H23N3O3S/c1-26-18-4-2-3-16(13-18)19-14-28-21(22-19)23-20(25)15-5-7-17(8-6-15)24-9-11-27-12-10-24/h2-8,13-14,20,25H,9-12H2,1H3,(H,22,23). The Hall–Kier alpha value is -2.61. The lowest BCUT2D eigenvalue weighted by Crippen LogP contribution is -2.36. The zero-order valence-electron chi connectivity index (χ0n) is 15.7. The Morgan fingerprint density at radius 3 is 2.71 bits per heavy atom. The van der Waals surface area contributed by atoms with Gasteiger partial charge >= 0.3 is 0 Å². The van der Waals surface area contributed by atoms with Crippen molar-refractivity contribution in [2.24, 2.45) is 0 Å². The number of nitrogens with one attached hydrogen (secondary N) is 1. The number of thiazole rings is 1. The number of methoxy groups -OCH3 is 1. The molecule has 0 radical (unpaired) electrons. The molecule has 0 saturated carbocycles. The zero-order chi connectivity index (χ0) is 19.3. The summed E-state index contributed by atoms with van der Waals surface area (Å²) in [6.45, 7) is 3.30. The lowest BCUT2D eigenvalue weighted by molar-refractivity contribution is 0.122. The lowest BCUT2D eigenvalue weighted by Gasteiger charge is -2.29. The van der Waals surface area contributed by atoms with Gasteiger partial charge in [0.05, 0.1) is 26.0 Å². The monoisotopic (exact) mass is 397 g/mol. The number of ether oxygens (including phenoxy) is 2. The van der Waals surface area contributed by atoms with Crippen LogP contribution in [0, 0.1) is 0 Å². The van der Waals surface area contributed by atoms with E-state index in [0.29, 0.717) is 5.13 Å². The molecular formula is C21H23N3O3S. The minimum Gasteiger partial charge on any atom is -0.497 e. The van der Waals surface area contributed by atoms with Gasteiger partial charge in [0.15, 0.2) is 11.4 Å². The van der Waals surface area contributed by atoms with E-state index in [4.69, 9.17) is 9.47 Å². The summed E-state index contributed by atoms with van der Waals surface area (Å²) >= 11 is 1.46. The maximum atomic E-state index is 10.5. The SMILES string of the molecule is COc1cccc(-c2csc(NC(O)c3ccc(N4CCOCC4)cc3)n2)c1. The van der Waals surface area contributed by atoms with E-state index >= 15 is 0 Å². The molecule has 4 rings (SSSR count). The van der Waals surface area contributed by atoms with E-state index in [-0.39, 0.29) is 0 Å². The van der Waals surface area contributed by atoms with Gasteiger partial charge < -0.3 is 24.8 Å². The predicted octanol–water partition coefficient (Wildman–Crippen LogP) is 3.76. The van der Waals surface area contributed by atoms with Crippen LogP contribution in [0.3, 0.4) is 0 Å². The van der Waals surface area contributed by atoms with Crippen molar-refractivity contribution in [1.29, 1.82) is 0 Å². The molecule has 1 atom stereocenters. The van der Waals surface area contributed by atoms with E-state index in [9.17, 15) is 5.11 Å². The van der Waals surface area contributed by atoms with Crippen molar-refractivity contribution in [3.63, 3.8) is 0 Å². The summed E-state index contributed by atoms with van der Waals surface area (Å²) in [5, 5.41) is 16.2. The highest BCUT2D eigenvalue weighted by atomic mass is 32.1. The molecule has 1 saturated heterocycles. The number of hydrogen-bond donors (Lipinski definition) is 2. The van der Waals surface area contributed by atoms with Crippen LogP contribution in [0.25, 0.3) is 11.3 Å². The molecule has 1 unspecified atom stereocenters. The molecule has 6 nitrogen and oxygen atoms in total. The largest absolute Gasteiger partial charge is 0.497 e. The average molecular weight is 398 g/mol. The van der Waals surface area contributed by atoms with E-state index in [1.165, 1.54) is 11.3 Å². The Morgan fingerprint density at radius 2 is 1.96 bits per heavy atom. The molecule has 28 heavy (non-hydrogen) atoms. The van der Waals surface area contributed by atoms with E-state index in [0.717, 1.165) is 54.6 Å². The molecule has 1 aliphatic heterocycles. The molecule has 1 fully saturated rings. The van der Waals surface area contributed by atoms with Gasteiger partial charge in [0, 0.05) is 35.3 Å². The fourth-order valence-corrected chi connectivity index (χ4v) is 3.89. The molecule has 0 bridgehead atoms. The first-order valence-electron chi connectivity index (χ1n) is 9.20. The summed E-state index contributed by atoms with van der Waals surface area (Å²) in [4.78, 5) is 6.87. The predicted molar refractivity (Wildman–Crippen MR) is 112 cm³/mol. The summed E-state index contributed by atoms with van der Waals surface area (Å²) < 4.78 is 10.7. The minimum atomic E-state index is -0.817. The Bertz CT molecular complexity index is 907. The van der Waals surface area contributed by atoms with Crippen LogP contribution < -0.4 is 15.0 Å². The van der Waals surface area contributed by atoms with E-state index in [1.807, 2.05) is 53.9 Å². The highest BCUT2D eigenvalue weighted by molar-refractivity contribution is 7.14.